The molecule has 0 aliphatic carbocycles. The Bertz CT molecular complexity index is 870. The highest BCUT2D eigenvalue weighted by Gasteiger charge is 2.22. The maximum absolute atomic E-state index is 12.1. The highest BCUT2D eigenvalue weighted by Crippen LogP contribution is 2.31. The van der Waals surface area contributed by atoms with E-state index in [1.807, 2.05) is 28.8 Å². The molecule has 8 nitrogen and oxygen atoms in total. The van der Waals surface area contributed by atoms with E-state index in [0.717, 1.165) is 35.9 Å². The van der Waals surface area contributed by atoms with Gasteiger partial charge in [-0.1, -0.05) is 17.4 Å². The lowest BCUT2D eigenvalue weighted by Gasteiger charge is -2.02. The third-order valence-electron chi connectivity index (χ3n) is 4.08. The fraction of sp³-hybridized carbons (Fsp3) is 0.438. The molecule has 4 heterocycles. The van der Waals surface area contributed by atoms with Gasteiger partial charge in [-0.15, -0.1) is 20.4 Å². The second-order valence-corrected chi connectivity index (χ2v) is 6.90. The Hall–Kier alpha value is -2.39. The Labute approximate surface area is 148 Å². The van der Waals surface area contributed by atoms with Crippen LogP contribution in [0.15, 0.2) is 24.4 Å². The lowest BCUT2D eigenvalue weighted by atomic mass is 10.2. The Morgan fingerprint density at radius 3 is 3.16 bits per heavy atom. The van der Waals surface area contributed by atoms with Crippen LogP contribution in [0.1, 0.15) is 42.6 Å². The van der Waals surface area contributed by atoms with Crippen LogP contribution in [0.5, 0.6) is 0 Å². The van der Waals surface area contributed by atoms with Crippen LogP contribution in [0.2, 0.25) is 0 Å². The van der Waals surface area contributed by atoms with Crippen molar-refractivity contribution < 1.29 is 9.53 Å². The molecule has 4 rings (SSSR count). The number of ether oxygens (including phenoxy) is 1. The summed E-state index contributed by atoms with van der Waals surface area (Å²) >= 11 is 1.39. The molecule has 1 saturated heterocycles. The zero-order valence-electron chi connectivity index (χ0n) is 13.6. The van der Waals surface area contributed by atoms with E-state index in [1.54, 1.807) is 0 Å². The summed E-state index contributed by atoms with van der Waals surface area (Å²) in [5.41, 5.74) is 0.817. The number of anilines is 1. The Balaban J connectivity index is 1.28. The number of hydrogen-bond donors (Lipinski definition) is 1. The summed E-state index contributed by atoms with van der Waals surface area (Å²) in [6.07, 6.45) is 5.76. The van der Waals surface area contributed by atoms with E-state index in [9.17, 15) is 4.79 Å². The Morgan fingerprint density at radius 1 is 1.32 bits per heavy atom. The number of hydrogen-bond acceptors (Lipinski definition) is 7. The molecule has 0 radical (unpaired) electrons. The number of fused-ring (bicyclic) bond motifs is 1. The van der Waals surface area contributed by atoms with Crippen LogP contribution in [-0.2, 0) is 16.0 Å². The topological polar surface area (TPSA) is 94.3 Å². The normalized spacial score (nSPS) is 17.2. The van der Waals surface area contributed by atoms with Gasteiger partial charge in [-0.3, -0.25) is 9.20 Å². The monoisotopic (exact) mass is 358 g/mol. The van der Waals surface area contributed by atoms with Crippen molar-refractivity contribution in [2.24, 2.45) is 0 Å². The lowest BCUT2D eigenvalue weighted by molar-refractivity contribution is -0.116. The average molecular weight is 358 g/mol. The van der Waals surface area contributed by atoms with E-state index in [0.29, 0.717) is 24.4 Å². The van der Waals surface area contributed by atoms with Crippen molar-refractivity contribution in [3.05, 3.63) is 35.2 Å². The minimum atomic E-state index is -0.0659. The number of aryl methyl sites for hydroxylation is 1. The van der Waals surface area contributed by atoms with Gasteiger partial charge in [-0.25, -0.2) is 0 Å². The van der Waals surface area contributed by atoms with Gasteiger partial charge in [-0.05, 0) is 31.4 Å². The van der Waals surface area contributed by atoms with Crippen molar-refractivity contribution >= 4 is 28.0 Å². The number of carbonyl (C=O) groups excluding carboxylic acids is 1. The molecule has 0 bridgehead atoms. The molecule has 3 aromatic heterocycles. The van der Waals surface area contributed by atoms with E-state index < -0.39 is 0 Å². The third kappa shape index (κ3) is 3.67. The van der Waals surface area contributed by atoms with Crippen LogP contribution in [0.25, 0.3) is 5.65 Å². The van der Waals surface area contributed by atoms with E-state index in [4.69, 9.17) is 4.74 Å². The van der Waals surface area contributed by atoms with Gasteiger partial charge >= 0.3 is 0 Å². The van der Waals surface area contributed by atoms with Crippen LogP contribution >= 0.6 is 11.3 Å². The number of pyridine rings is 1. The van der Waals surface area contributed by atoms with Crippen molar-refractivity contribution in [3.8, 4) is 0 Å². The molecule has 1 N–H and O–H groups in total. The number of nitrogens with one attached hydrogen (secondary N) is 1. The predicted molar refractivity (Wildman–Crippen MR) is 92.4 cm³/mol. The molecule has 1 amide bonds. The minimum Gasteiger partial charge on any atom is -0.371 e. The van der Waals surface area contributed by atoms with Crippen molar-refractivity contribution in [1.82, 2.24) is 24.8 Å². The first-order valence-corrected chi connectivity index (χ1v) is 9.15. The molecule has 130 valence electrons. The number of nitrogens with zero attached hydrogens (tertiary/aromatic N) is 5. The molecular weight excluding hydrogens is 340 g/mol. The Kier molecular flexibility index (Phi) is 4.66. The molecule has 1 atom stereocenters. The molecular formula is C16H18N6O2S. The van der Waals surface area contributed by atoms with Crippen molar-refractivity contribution in [2.45, 2.75) is 38.2 Å². The van der Waals surface area contributed by atoms with Crippen LogP contribution in [0.4, 0.5) is 5.13 Å². The van der Waals surface area contributed by atoms with Gasteiger partial charge in [0.25, 0.3) is 0 Å². The van der Waals surface area contributed by atoms with E-state index in [-0.39, 0.29) is 12.0 Å². The fourth-order valence-electron chi connectivity index (χ4n) is 2.84. The summed E-state index contributed by atoms with van der Waals surface area (Å²) in [6.45, 7) is 0.767. The summed E-state index contributed by atoms with van der Waals surface area (Å²) in [7, 11) is 0. The summed E-state index contributed by atoms with van der Waals surface area (Å²) in [4.78, 5) is 12.1. The van der Waals surface area contributed by atoms with Gasteiger partial charge in [0, 0.05) is 25.6 Å². The first kappa shape index (κ1) is 16.1. The van der Waals surface area contributed by atoms with Crippen LogP contribution in [0, 0.1) is 0 Å². The smallest absolute Gasteiger partial charge is 0.226 e. The molecule has 0 spiro atoms. The third-order valence-corrected chi connectivity index (χ3v) is 5.01. The number of carbonyl (C=O) groups is 1. The van der Waals surface area contributed by atoms with Crippen LogP contribution in [0.3, 0.4) is 0 Å². The van der Waals surface area contributed by atoms with E-state index in [2.05, 4.69) is 25.7 Å². The molecule has 1 fully saturated rings. The molecule has 3 aromatic rings. The zero-order valence-corrected chi connectivity index (χ0v) is 14.4. The summed E-state index contributed by atoms with van der Waals surface area (Å²) in [5, 5.41) is 20.6. The number of aromatic nitrogens is 5. The molecule has 0 unspecified atom stereocenters. The van der Waals surface area contributed by atoms with Gasteiger partial charge in [-0.2, -0.15) is 0 Å². The second kappa shape index (κ2) is 7.24. The maximum atomic E-state index is 12.1. The first-order valence-electron chi connectivity index (χ1n) is 8.33. The van der Waals surface area contributed by atoms with Gasteiger partial charge in [0.15, 0.2) is 5.65 Å². The second-order valence-electron chi connectivity index (χ2n) is 5.89. The summed E-state index contributed by atoms with van der Waals surface area (Å²) in [5.74, 6) is 0.795. The summed E-state index contributed by atoms with van der Waals surface area (Å²) < 4.78 is 7.52. The standard InChI is InChI=1S/C16H18N6O2S/c23-14(17-16-21-20-15(25-16)11-5-4-10-24-11)8-3-7-13-19-18-12-6-1-2-9-22(12)13/h1-2,6,9,11H,3-5,7-8,10H2,(H,17,21,23)/t11-/m1/s1. The number of amides is 1. The van der Waals surface area contributed by atoms with Crippen molar-refractivity contribution in [3.63, 3.8) is 0 Å². The molecule has 1 aliphatic heterocycles. The Morgan fingerprint density at radius 2 is 2.28 bits per heavy atom. The highest BCUT2D eigenvalue weighted by atomic mass is 32.1. The van der Waals surface area contributed by atoms with Gasteiger partial charge < -0.3 is 10.1 Å². The van der Waals surface area contributed by atoms with Gasteiger partial charge in [0.05, 0.1) is 0 Å². The minimum absolute atomic E-state index is 0.0318. The highest BCUT2D eigenvalue weighted by molar-refractivity contribution is 7.15. The van der Waals surface area contributed by atoms with E-state index in [1.165, 1.54) is 11.3 Å². The summed E-state index contributed by atoms with van der Waals surface area (Å²) in [6, 6.07) is 5.77. The van der Waals surface area contributed by atoms with Crippen LogP contribution < -0.4 is 5.32 Å². The largest absolute Gasteiger partial charge is 0.371 e. The number of rotatable bonds is 6. The van der Waals surface area contributed by atoms with E-state index >= 15 is 0 Å². The molecule has 0 saturated carbocycles. The maximum Gasteiger partial charge on any atom is 0.226 e. The molecule has 9 heteroatoms. The lowest BCUT2D eigenvalue weighted by Crippen LogP contribution is -2.11. The quantitative estimate of drug-likeness (QED) is 0.727. The van der Waals surface area contributed by atoms with Crippen molar-refractivity contribution in [1.29, 1.82) is 0 Å². The van der Waals surface area contributed by atoms with Crippen molar-refractivity contribution in [2.75, 3.05) is 11.9 Å². The average Bonchev–Trinajstić information content (AvgIpc) is 3.35. The van der Waals surface area contributed by atoms with Gasteiger partial charge in [0.1, 0.15) is 16.9 Å². The molecule has 1 aliphatic rings. The predicted octanol–water partition coefficient (Wildman–Crippen LogP) is 2.39. The zero-order chi connectivity index (χ0) is 17.1. The van der Waals surface area contributed by atoms with Gasteiger partial charge in [0.2, 0.25) is 11.0 Å². The molecule has 25 heavy (non-hydrogen) atoms. The fourth-order valence-corrected chi connectivity index (χ4v) is 3.68. The molecule has 0 aromatic carbocycles. The first-order chi connectivity index (χ1) is 12.3. The van der Waals surface area contributed by atoms with Crippen LogP contribution in [-0.4, -0.2) is 37.3 Å². The SMILES string of the molecule is O=C(CCCc1nnc2ccccn12)Nc1nnc([C@H]2CCCO2)s1.